The van der Waals surface area contributed by atoms with Crippen LogP contribution in [0, 0.1) is 0 Å². The number of nitrogens with zero attached hydrogens (tertiary/aromatic N) is 1. The third kappa shape index (κ3) is 3.83. The zero-order valence-corrected chi connectivity index (χ0v) is 16.3. The summed E-state index contributed by atoms with van der Waals surface area (Å²) >= 11 is 16.2. The van der Waals surface area contributed by atoms with Crippen LogP contribution in [0.2, 0.25) is 5.02 Å². The molecule has 0 atom stereocenters. The van der Waals surface area contributed by atoms with Crippen LogP contribution in [0.5, 0.6) is 0 Å². The van der Waals surface area contributed by atoms with Crippen LogP contribution in [0.25, 0.3) is 6.08 Å². The smallest absolute Gasteiger partial charge is 0.267 e. The Bertz CT molecular complexity index is 841. The van der Waals surface area contributed by atoms with Gasteiger partial charge in [0, 0.05) is 4.47 Å². The highest BCUT2D eigenvalue weighted by Gasteiger charge is 2.31. The second kappa shape index (κ2) is 7.70. The van der Waals surface area contributed by atoms with E-state index in [4.69, 9.17) is 23.8 Å². The Morgan fingerprint density at radius 3 is 2.67 bits per heavy atom. The molecule has 0 bridgehead atoms. The fourth-order valence-electron chi connectivity index (χ4n) is 2.14. The molecule has 0 spiro atoms. The van der Waals surface area contributed by atoms with Crippen LogP contribution in [0.15, 0.2) is 57.9 Å². The molecule has 1 aliphatic heterocycles. The predicted molar refractivity (Wildman–Crippen MR) is 109 cm³/mol. The molecule has 3 rings (SSSR count). The first-order valence-corrected chi connectivity index (χ1v) is 9.44. The van der Waals surface area contributed by atoms with Gasteiger partial charge in [-0.15, -0.1) is 0 Å². The van der Waals surface area contributed by atoms with Gasteiger partial charge in [0.2, 0.25) is 0 Å². The van der Waals surface area contributed by atoms with Gasteiger partial charge < -0.3 is 5.32 Å². The normalized spacial score (nSPS) is 16.1. The van der Waals surface area contributed by atoms with Crippen LogP contribution in [0.3, 0.4) is 0 Å². The summed E-state index contributed by atoms with van der Waals surface area (Å²) in [6.07, 6.45) is 1.85. The van der Waals surface area contributed by atoms with Crippen molar-refractivity contribution >= 4 is 73.5 Å². The molecule has 0 unspecified atom stereocenters. The van der Waals surface area contributed by atoms with E-state index in [-0.39, 0.29) is 12.6 Å². The van der Waals surface area contributed by atoms with Crippen molar-refractivity contribution in [3.63, 3.8) is 0 Å². The SMILES string of the molecule is O=C1C(=Cc2ccccc2Br)SC(=S)N1CNc1ccccc1Cl. The highest BCUT2D eigenvalue weighted by atomic mass is 79.9. The summed E-state index contributed by atoms with van der Waals surface area (Å²) < 4.78 is 1.46. The lowest BCUT2D eigenvalue weighted by molar-refractivity contribution is -0.121. The van der Waals surface area contributed by atoms with Crippen LogP contribution in [0.4, 0.5) is 5.69 Å². The number of thiocarbonyl (C=S) groups is 1. The molecule has 0 aromatic heterocycles. The highest BCUT2D eigenvalue weighted by Crippen LogP contribution is 2.34. The molecule has 1 saturated heterocycles. The summed E-state index contributed by atoms with van der Waals surface area (Å²) in [7, 11) is 0. The zero-order valence-electron chi connectivity index (χ0n) is 12.3. The molecule has 1 heterocycles. The molecular formula is C17H12BrClN2OS2. The minimum Gasteiger partial charge on any atom is -0.366 e. The summed E-state index contributed by atoms with van der Waals surface area (Å²) in [5, 5.41) is 3.75. The molecule has 0 radical (unpaired) electrons. The van der Waals surface area contributed by atoms with E-state index in [1.165, 1.54) is 16.7 Å². The van der Waals surface area contributed by atoms with Crippen molar-refractivity contribution in [2.45, 2.75) is 0 Å². The van der Waals surface area contributed by atoms with E-state index in [9.17, 15) is 4.79 Å². The Morgan fingerprint density at radius 1 is 1.21 bits per heavy atom. The van der Waals surface area contributed by atoms with Gasteiger partial charge in [-0.25, -0.2) is 0 Å². The van der Waals surface area contributed by atoms with Crippen molar-refractivity contribution in [1.82, 2.24) is 4.90 Å². The quantitative estimate of drug-likeness (QED) is 0.512. The van der Waals surface area contributed by atoms with Gasteiger partial charge in [0.05, 0.1) is 22.3 Å². The number of anilines is 1. The van der Waals surface area contributed by atoms with E-state index < -0.39 is 0 Å². The lowest BCUT2D eigenvalue weighted by Gasteiger charge is -2.16. The first kappa shape index (κ1) is 17.5. The maximum absolute atomic E-state index is 12.6. The number of rotatable bonds is 4. The number of halogens is 2. The maximum Gasteiger partial charge on any atom is 0.267 e. The summed E-state index contributed by atoms with van der Waals surface area (Å²) in [6, 6.07) is 15.1. The topological polar surface area (TPSA) is 32.3 Å². The number of hydrogen-bond acceptors (Lipinski definition) is 4. The van der Waals surface area contributed by atoms with E-state index in [2.05, 4.69) is 21.2 Å². The molecule has 0 saturated carbocycles. The van der Waals surface area contributed by atoms with Crippen LogP contribution in [-0.4, -0.2) is 21.8 Å². The van der Waals surface area contributed by atoms with Crippen molar-refractivity contribution in [3.05, 3.63) is 68.5 Å². The molecule has 24 heavy (non-hydrogen) atoms. The molecule has 1 N–H and O–H groups in total. The third-order valence-electron chi connectivity index (χ3n) is 3.37. The van der Waals surface area contributed by atoms with Gasteiger partial charge in [0.15, 0.2) is 0 Å². The molecular weight excluding hydrogens is 428 g/mol. The molecule has 2 aromatic rings. The summed E-state index contributed by atoms with van der Waals surface area (Å²) in [5.41, 5.74) is 1.71. The summed E-state index contributed by atoms with van der Waals surface area (Å²) in [6.45, 7) is 0.279. The number of amides is 1. The highest BCUT2D eigenvalue weighted by molar-refractivity contribution is 9.10. The van der Waals surface area contributed by atoms with E-state index in [0.717, 1.165) is 15.7 Å². The number of nitrogens with one attached hydrogen (secondary N) is 1. The minimum atomic E-state index is -0.111. The van der Waals surface area contributed by atoms with Crippen LogP contribution in [-0.2, 0) is 4.79 Å². The van der Waals surface area contributed by atoms with Crippen molar-refractivity contribution in [1.29, 1.82) is 0 Å². The Balaban J connectivity index is 1.75. The van der Waals surface area contributed by atoms with Crippen LogP contribution >= 0.6 is 51.5 Å². The number of benzene rings is 2. The second-order valence-corrected chi connectivity index (χ2v) is 7.88. The first-order chi connectivity index (χ1) is 11.6. The van der Waals surface area contributed by atoms with Crippen LogP contribution < -0.4 is 5.32 Å². The fourth-order valence-corrected chi connectivity index (χ4v) is 3.99. The van der Waals surface area contributed by atoms with Crippen molar-refractivity contribution in [2.75, 3.05) is 12.0 Å². The van der Waals surface area contributed by atoms with E-state index in [1.54, 1.807) is 6.07 Å². The Hall–Kier alpha value is -1.34. The number of thioether (sulfide) groups is 1. The van der Waals surface area contributed by atoms with Gasteiger partial charge in [-0.3, -0.25) is 9.69 Å². The predicted octanol–water partition coefficient (Wildman–Crippen LogP) is 5.37. The fraction of sp³-hybridized carbons (Fsp3) is 0.0588. The van der Waals surface area contributed by atoms with E-state index >= 15 is 0 Å². The summed E-state index contributed by atoms with van der Waals surface area (Å²) in [4.78, 5) is 14.7. The zero-order chi connectivity index (χ0) is 17.1. The number of carbonyl (C=O) groups is 1. The van der Waals surface area contributed by atoms with Gasteiger partial charge >= 0.3 is 0 Å². The molecule has 1 aliphatic rings. The number of hydrogen-bond donors (Lipinski definition) is 1. The Labute approximate surface area is 163 Å². The van der Waals surface area contributed by atoms with Crippen LogP contribution in [0.1, 0.15) is 5.56 Å². The molecule has 0 aliphatic carbocycles. The second-order valence-electron chi connectivity index (χ2n) is 4.95. The molecule has 7 heteroatoms. The lowest BCUT2D eigenvalue weighted by atomic mass is 10.2. The van der Waals surface area contributed by atoms with Gasteiger partial charge in [-0.1, -0.05) is 81.8 Å². The lowest BCUT2D eigenvalue weighted by Crippen LogP contribution is -2.33. The average molecular weight is 440 g/mol. The monoisotopic (exact) mass is 438 g/mol. The Kier molecular flexibility index (Phi) is 5.61. The molecule has 1 amide bonds. The van der Waals surface area contributed by atoms with Crippen molar-refractivity contribution in [3.8, 4) is 0 Å². The third-order valence-corrected chi connectivity index (χ3v) is 5.80. The number of carbonyl (C=O) groups excluding carboxylic acids is 1. The van der Waals surface area contributed by atoms with Gasteiger partial charge in [-0.05, 0) is 29.8 Å². The maximum atomic E-state index is 12.6. The van der Waals surface area contributed by atoms with E-state index in [1.807, 2.05) is 48.5 Å². The molecule has 1 fully saturated rings. The van der Waals surface area contributed by atoms with Crippen molar-refractivity contribution < 1.29 is 4.79 Å². The van der Waals surface area contributed by atoms with Crippen molar-refractivity contribution in [2.24, 2.45) is 0 Å². The Morgan fingerprint density at radius 2 is 1.92 bits per heavy atom. The minimum absolute atomic E-state index is 0.111. The largest absolute Gasteiger partial charge is 0.366 e. The molecule has 2 aromatic carbocycles. The van der Waals surface area contributed by atoms with Gasteiger partial charge in [0.25, 0.3) is 5.91 Å². The standard InChI is InChI=1S/C17H12BrClN2OS2/c18-12-6-2-1-5-11(12)9-15-16(22)21(17(23)24-15)10-20-14-8-4-3-7-13(14)19/h1-9,20H,10H2. The average Bonchev–Trinajstić information content (AvgIpc) is 2.83. The first-order valence-electron chi connectivity index (χ1n) is 7.04. The number of para-hydroxylation sites is 1. The summed E-state index contributed by atoms with van der Waals surface area (Å²) in [5.74, 6) is -0.111. The van der Waals surface area contributed by atoms with Gasteiger partial charge in [0.1, 0.15) is 4.32 Å². The van der Waals surface area contributed by atoms with E-state index in [0.29, 0.717) is 14.2 Å². The molecule has 122 valence electrons. The molecule has 3 nitrogen and oxygen atoms in total. The van der Waals surface area contributed by atoms with Gasteiger partial charge in [-0.2, -0.15) is 0 Å².